The maximum absolute atomic E-state index is 11.7. The molecule has 5 nitrogen and oxygen atoms in total. The third-order valence-electron chi connectivity index (χ3n) is 2.88. The second-order valence-electron chi connectivity index (χ2n) is 4.72. The summed E-state index contributed by atoms with van der Waals surface area (Å²) in [6.45, 7) is 2.13. The van der Waals surface area contributed by atoms with Gasteiger partial charge in [-0.15, -0.1) is 0 Å². The van der Waals surface area contributed by atoms with Crippen molar-refractivity contribution in [3.63, 3.8) is 0 Å². The number of anilines is 1. The van der Waals surface area contributed by atoms with Crippen LogP contribution in [0.1, 0.15) is 11.1 Å². The standard InChI is InChI=1S/C16H16BrN3O2/c1-11-2-4-13(5-3-11)18-10-16(22)20-19-9-12-8-14(21)6-7-15(12)17/h2-9,18,21H,10H2,1H3,(H,20,22). The molecule has 22 heavy (non-hydrogen) atoms. The summed E-state index contributed by atoms with van der Waals surface area (Å²) in [5, 5.41) is 16.3. The lowest BCUT2D eigenvalue weighted by atomic mass is 10.2. The number of nitrogens with one attached hydrogen (secondary N) is 2. The van der Waals surface area contributed by atoms with Crippen molar-refractivity contribution in [1.82, 2.24) is 5.43 Å². The second-order valence-corrected chi connectivity index (χ2v) is 5.57. The molecule has 0 atom stereocenters. The molecule has 0 radical (unpaired) electrons. The fourth-order valence-corrected chi connectivity index (χ4v) is 2.05. The first-order valence-corrected chi connectivity index (χ1v) is 7.45. The monoisotopic (exact) mass is 361 g/mol. The van der Waals surface area contributed by atoms with E-state index >= 15 is 0 Å². The van der Waals surface area contributed by atoms with Crippen molar-refractivity contribution in [2.24, 2.45) is 5.10 Å². The Balaban J connectivity index is 1.83. The summed E-state index contributed by atoms with van der Waals surface area (Å²) < 4.78 is 0.779. The molecule has 0 unspecified atom stereocenters. The Bertz CT molecular complexity index is 684. The number of halogens is 1. The van der Waals surface area contributed by atoms with Crippen molar-refractivity contribution in [3.8, 4) is 5.75 Å². The molecule has 6 heteroatoms. The van der Waals surface area contributed by atoms with Crippen LogP contribution >= 0.6 is 15.9 Å². The van der Waals surface area contributed by atoms with Gasteiger partial charge in [0.1, 0.15) is 5.75 Å². The Hall–Kier alpha value is -2.34. The van der Waals surface area contributed by atoms with E-state index in [9.17, 15) is 9.90 Å². The fraction of sp³-hybridized carbons (Fsp3) is 0.125. The number of hydrogen-bond donors (Lipinski definition) is 3. The van der Waals surface area contributed by atoms with Crippen molar-refractivity contribution in [2.45, 2.75) is 6.92 Å². The van der Waals surface area contributed by atoms with Crippen LogP contribution in [0.4, 0.5) is 5.69 Å². The molecule has 1 amide bonds. The minimum atomic E-state index is -0.256. The van der Waals surface area contributed by atoms with Crippen molar-refractivity contribution < 1.29 is 9.90 Å². The Kier molecular flexibility index (Phi) is 5.55. The Morgan fingerprint density at radius 1 is 1.27 bits per heavy atom. The number of carbonyl (C=O) groups excluding carboxylic acids is 1. The molecule has 0 saturated carbocycles. The molecule has 0 aliphatic rings. The van der Waals surface area contributed by atoms with Gasteiger partial charge in [-0.25, -0.2) is 5.43 Å². The molecule has 2 rings (SSSR count). The van der Waals surface area contributed by atoms with Gasteiger partial charge in [-0.1, -0.05) is 33.6 Å². The number of benzene rings is 2. The SMILES string of the molecule is Cc1ccc(NCC(=O)NN=Cc2cc(O)ccc2Br)cc1. The van der Waals surface area contributed by atoms with E-state index in [0.29, 0.717) is 5.56 Å². The van der Waals surface area contributed by atoms with Crippen LogP contribution in [0.25, 0.3) is 0 Å². The van der Waals surface area contributed by atoms with E-state index in [1.807, 2.05) is 31.2 Å². The number of hydrazone groups is 1. The van der Waals surface area contributed by atoms with Gasteiger partial charge < -0.3 is 10.4 Å². The zero-order chi connectivity index (χ0) is 15.9. The third kappa shape index (κ3) is 4.89. The quantitative estimate of drug-likeness (QED) is 0.566. The van der Waals surface area contributed by atoms with Gasteiger partial charge in [0, 0.05) is 15.7 Å². The second kappa shape index (κ2) is 7.61. The van der Waals surface area contributed by atoms with Gasteiger partial charge in [0.15, 0.2) is 0 Å². The van der Waals surface area contributed by atoms with Gasteiger partial charge in [-0.3, -0.25) is 4.79 Å². The summed E-state index contributed by atoms with van der Waals surface area (Å²) in [7, 11) is 0. The number of rotatable bonds is 5. The molecule has 0 heterocycles. The van der Waals surface area contributed by atoms with Crippen LogP contribution in [-0.2, 0) is 4.79 Å². The number of hydrogen-bond acceptors (Lipinski definition) is 4. The summed E-state index contributed by atoms with van der Waals surface area (Å²) >= 11 is 3.34. The van der Waals surface area contributed by atoms with Crippen LogP contribution in [0.3, 0.4) is 0 Å². The van der Waals surface area contributed by atoms with Gasteiger partial charge in [-0.2, -0.15) is 5.10 Å². The first-order valence-electron chi connectivity index (χ1n) is 6.65. The largest absolute Gasteiger partial charge is 0.508 e. The van der Waals surface area contributed by atoms with Gasteiger partial charge in [0.05, 0.1) is 12.8 Å². The minimum absolute atomic E-state index is 0.127. The van der Waals surface area contributed by atoms with Crippen LogP contribution in [0, 0.1) is 6.92 Å². The summed E-state index contributed by atoms with van der Waals surface area (Å²) in [6, 6.07) is 12.6. The van der Waals surface area contributed by atoms with Crippen molar-refractivity contribution in [3.05, 3.63) is 58.1 Å². The molecule has 0 saturated heterocycles. The maximum Gasteiger partial charge on any atom is 0.259 e. The lowest BCUT2D eigenvalue weighted by Gasteiger charge is -2.05. The molecular formula is C16H16BrN3O2. The molecule has 2 aromatic carbocycles. The third-order valence-corrected chi connectivity index (χ3v) is 3.60. The van der Waals surface area contributed by atoms with Crippen molar-refractivity contribution in [2.75, 3.05) is 11.9 Å². The van der Waals surface area contributed by atoms with E-state index in [1.54, 1.807) is 18.2 Å². The van der Waals surface area contributed by atoms with Crippen molar-refractivity contribution >= 4 is 33.7 Å². The highest BCUT2D eigenvalue weighted by Crippen LogP contribution is 2.19. The molecule has 0 bridgehead atoms. The van der Waals surface area contributed by atoms with Crippen molar-refractivity contribution in [1.29, 1.82) is 0 Å². The number of nitrogens with zero attached hydrogens (tertiary/aromatic N) is 1. The summed E-state index contributed by atoms with van der Waals surface area (Å²) in [5.41, 5.74) is 5.14. The van der Waals surface area contributed by atoms with E-state index < -0.39 is 0 Å². The molecule has 0 aromatic heterocycles. The molecular weight excluding hydrogens is 346 g/mol. The number of aryl methyl sites for hydroxylation is 1. The smallest absolute Gasteiger partial charge is 0.259 e. The highest BCUT2D eigenvalue weighted by Gasteiger charge is 2.01. The number of phenolic OH excluding ortho intramolecular Hbond substituents is 1. The lowest BCUT2D eigenvalue weighted by molar-refractivity contribution is -0.119. The van der Waals surface area contributed by atoms with Crippen LogP contribution in [0.5, 0.6) is 5.75 Å². The summed E-state index contributed by atoms with van der Waals surface area (Å²) in [6.07, 6.45) is 1.47. The molecule has 0 spiro atoms. The topological polar surface area (TPSA) is 73.7 Å². The highest BCUT2D eigenvalue weighted by atomic mass is 79.9. The van der Waals surface area contributed by atoms with Gasteiger partial charge in [-0.05, 0) is 37.3 Å². The number of phenols is 1. The zero-order valence-electron chi connectivity index (χ0n) is 12.0. The van der Waals surface area contributed by atoms with E-state index in [0.717, 1.165) is 15.7 Å². The van der Waals surface area contributed by atoms with Crippen LogP contribution < -0.4 is 10.7 Å². The highest BCUT2D eigenvalue weighted by molar-refractivity contribution is 9.10. The van der Waals surface area contributed by atoms with Gasteiger partial charge >= 0.3 is 0 Å². The summed E-state index contributed by atoms with van der Waals surface area (Å²) in [5.74, 6) is -0.120. The molecule has 0 fully saturated rings. The Morgan fingerprint density at radius 2 is 2.00 bits per heavy atom. The van der Waals surface area contributed by atoms with Gasteiger partial charge in [0.2, 0.25) is 0 Å². The van der Waals surface area contributed by atoms with Gasteiger partial charge in [0.25, 0.3) is 5.91 Å². The maximum atomic E-state index is 11.7. The first kappa shape index (κ1) is 16.0. The average molecular weight is 362 g/mol. The zero-order valence-corrected chi connectivity index (χ0v) is 13.6. The number of carbonyl (C=O) groups is 1. The molecule has 114 valence electrons. The Labute approximate surface area is 137 Å². The molecule has 3 N–H and O–H groups in total. The molecule has 0 aliphatic carbocycles. The normalized spacial score (nSPS) is 10.6. The minimum Gasteiger partial charge on any atom is -0.508 e. The molecule has 2 aromatic rings. The predicted octanol–water partition coefficient (Wildman–Crippen LogP) is 3.03. The van der Waals surface area contributed by atoms with E-state index in [-0.39, 0.29) is 18.2 Å². The number of amides is 1. The molecule has 0 aliphatic heterocycles. The Morgan fingerprint density at radius 3 is 2.73 bits per heavy atom. The summed E-state index contributed by atoms with van der Waals surface area (Å²) in [4.78, 5) is 11.7. The lowest BCUT2D eigenvalue weighted by Crippen LogP contribution is -2.25. The first-order chi connectivity index (χ1) is 10.5. The van der Waals surface area contributed by atoms with E-state index in [2.05, 4.69) is 31.8 Å². The van der Waals surface area contributed by atoms with Crippen LogP contribution in [0.15, 0.2) is 52.0 Å². The van der Waals surface area contributed by atoms with Crippen LogP contribution in [0.2, 0.25) is 0 Å². The van der Waals surface area contributed by atoms with E-state index in [4.69, 9.17) is 0 Å². The average Bonchev–Trinajstić information content (AvgIpc) is 2.50. The predicted molar refractivity (Wildman–Crippen MR) is 91.2 cm³/mol. The number of aromatic hydroxyl groups is 1. The van der Waals surface area contributed by atoms with E-state index in [1.165, 1.54) is 6.21 Å². The van der Waals surface area contributed by atoms with Crippen LogP contribution in [-0.4, -0.2) is 23.8 Å². The fourth-order valence-electron chi connectivity index (χ4n) is 1.70.